The van der Waals surface area contributed by atoms with Crippen LogP contribution in [0.15, 0.2) is 66.7 Å². The molecule has 7 nitrogen and oxygen atoms in total. The topological polar surface area (TPSA) is 98.5 Å². The fourth-order valence-electron chi connectivity index (χ4n) is 3.08. The minimum absolute atomic E-state index is 0.0143. The number of nitrogens with one attached hydrogen (secondary N) is 1. The average Bonchev–Trinajstić information content (AvgIpc) is 2.77. The zero-order valence-corrected chi connectivity index (χ0v) is 17.4. The van der Waals surface area contributed by atoms with Gasteiger partial charge in [-0.05, 0) is 26.0 Å². The van der Waals surface area contributed by atoms with E-state index in [0.717, 1.165) is 17.2 Å². The molecule has 3 aromatic rings. The van der Waals surface area contributed by atoms with Gasteiger partial charge in [-0.3, -0.25) is 14.9 Å². The Balaban J connectivity index is 1.96. The minimum Gasteiger partial charge on any atom is -0.445 e. The molecule has 0 amide bonds. The van der Waals surface area contributed by atoms with E-state index in [1.165, 1.54) is 12.1 Å². The van der Waals surface area contributed by atoms with Crippen molar-refractivity contribution in [1.82, 2.24) is 0 Å². The van der Waals surface area contributed by atoms with Gasteiger partial charge < -0.3 is 10.1 Å². The van der Waals surface area contributed by atoms with Crippen molar-refractivity contribution in [3.63, 3.8) is 0 Å². The molecule has 3 rings (SSSR count). The van der Waals surface area contributed by atoms with Gasteiger partial charge in [-0.2, -0.15) is 0 Å². The first-order valence-corrected chi connectivity index (χ1v) is 9.64. The van der Waals surface area contributed by atoms with E-state index < -0.39 is 17.0 Å². The average molecular weight is 418 g/mol. The van der Waals surface area contributed by atoms with Crippen LogP contribution in [0.25, 0.3) is 0 Å². The number of esters is 1. The summed E-state index contributed by atoms with van der Waals surface area (Å²) in [5.41, 5.74) is 2.92. The van der Waals surface area contributed by atoms with Gasteiger partial charge in [-0.1, -0.05) is 59.7 Å². The number of nitro benzene ring substituents is 1. The van der Waals surface area contributed by atoms with Crippen molar-refractivity contribution in [1.29, 1.82) is 0 Å². The highest BCUT2D eigenvalue weighted by Crippen LogP contribution is 2.28. The number of anilines is 1. The minimum atomic E-state index is -1.18. The van der Waals surface area contributed by atoms with Gasteiger partial charge >= 0.3 is 5.97 Å². The fraction of sp³-hybridized carbons (Fsp3) is 0.167. The summed E-state index contributed by atoms with van der Waals surface area (Å²) in [5, 5.41) is 14.0. The zero-order chi connectivity index (χ0) is 22.5. The summed E-state index contributed by atoms with van der Waals surface area (Å²) in [4.78, 5) is 36.8. The Morgan fingerprint density at radius 2 is 1.45 bits per heavy atom. The Morgan fingerprint density at radius 3 is 2.00 bits per heavy atom. The van der Waals surface area contributed by atoms with E-state index in [4.69, 9.17) is 4.74 Å². The normalized spacial score (nSPS) is 11.5. The maximum atomic E-state index is 13.2. The maximum Gasteiger partial charge on any atom is 0.339 e. The van der Waals surface area contributed by atoms with Crippen LogP contribution in [0.4, 0.5) is 11.4 Å². The van der Waals surface area contributed by atoms with Crippen LogP contribution in [0.5, 0.6) is 0 Å². The molecule has 158 valence electrons. The maximum absolute atomic E-state index is 13.2. The fourth-order valence-corrected chi connectivity index (χ4v) is 3.08. The van der Waals surface area contributed by atoms with Gasteiger partial charge in [0.1, 0.15) is 5.69 Å². The molecule has 0 radical (unpaired) electrons. The predicted molar refractivity (Wildman–Crippen MR) is 117 cm³/mol. The SMILES string of the molecule is CNc1ccc(C(=O)O[C@H](C(=O)c2ccc(C)cc2)c2ccc(C)cc2)cc1[N+](=O)[O-]. The summed E-state index contributed by atoms with van der Waals surface area (Å²) in [6.45, 7) is 3.82. The highest BCUT2D eigenvalue weighted by atomic mass is 16.6. The number of carbonyl (C=O) groups excluding carboxylic acids is 2. The van der Waals surface area contributed by atoms with E-state index >= 15 is 0 Å². The Labute approximate surface area is 179 Å². The molecule has 0 aliphatic carbocycles. The second-order valence-corrected chi connectivity index (χ2v) is 7.17. The largest absolute Gasteiger partial charge is 0.445 e. The van der Waals surface area contributed by atoms with E-state index in [1.807, 2.05) is 26.0 Å². The second kappa shape index (κ2) is 9.21. The molecule has 3 aromatic carbocycles. The third-order valence-electron chi connectivity index (χ3n) is 4.88. The first-order chi connectivity index (χ1) is 14.8. The van der Waals surface area contributed by atoms with E-state index in [2.05, 4.69) is 5.32 Å². The quantitative estimate of drug-likeness (QED) is 0.250. The number of benzene rings is 3. The number of ketones is 1. The molecule has 31 heavy (non-hydrogen) atoms. The second-order valence-electron chi connectivity index (χ2n) is 7.17. The number of rotatable bonds is 7. The third-order valence-corrected chi connectivity index (χ3v) is 4.88. The van der Waals surface area contributed by atoms with Gasteiger partial charge in [-0.25, -0.2) is 4.79 Å². The molecule has 0 saturated heterocycles. The van der Waals surface area contributed by atoms with E-state index in [0.29, 0.717) is 11.1 Å². The highest BCUT2D eigenvalue weighted by molar-refractivity contribution is 6.02. The van der Waals surface area contributed by atoms with Gasteiger partial charge in [0.2, 0.25) is 5.78 Å². The molecule has 0 heterocycles. The van der Waals surface area contributed by atoms with E-state index in [1.54, 1.807) is 43.4 Å². The first kappa shape index (κ1) is 21.7. The summed E-state index contributed by atoms with van der Waals surface area (Å²) in [5.74, 6) is -1.20. The van der Waals surface area contributed by atoms with E-state index in [9.17, 15) is 19.7 Å². The molecule has 0 aliphatic rings. The molecule has 0 saturated carbocycles. The molecular formula is C24H22N2O5. The summed E-state index contributed by atoms with van der Waals surface area (Å²) >= 11 is 0. The monoisotopic (exact) mass is 418 g/mol. The van der Waals surface area contributed by atoms with Gasteiger partial charge in [-0.15, -0.1) is 0 Å². The standard InChI is InChI=1S/C24H22N2O5/c1-15-4-8-17(9-5-15)22(27)23(18-10-6-16(2)7-11-18)31-24(28)19-12-13-20(25-3)21(14-19)26(29)30/h4-14,23,25H,1-3H3/t23-/m0/s1. The lowest BCUT2D eigenvalue weighted by molar-refractivity contribution is -0.384. The van der Waals surface area contributed by atoms with Crippen molar-refractivity contribution in [2.75, 3.05) is 12.4 Å². The van der Waals surface area contributed by atoms with Crippen molar-refractivity contribution >= 4 is 23.1 Å². The Morgan fingerprint density at radius 1 is 0.903 bits per heavy atom. The smallest absolute Gasteiger partial charge is 0.339 e. The van der Waals surface area contributed by atoms with Crippen molar-refractivity contribution in [3.8, 4) is 0 Å². The number of hydrogen-bond acceptors (Lipinski definition) is 6. The van der Waals surface area contributed by atoms with Gasteiger partial charge in [0.15, 0.2) is 6.10 Å². The van der Waals surface area contributed by atoms with Gasteiger partial charge in [0.05, 0.1) is 10.5 Å². The van der Waals surface area contributed by atoms with Gasteiger partial charge in [0, 0.05) is 24.2 Å². The highest BCUT2D eigenvalue weighted by Gasteiger charge is 2.28. The molecule has 1 N–H and O–H groups in total. The summed E-state index contributed by atoms with van der Waals surface area (Å²) in [7, 11) is 1.55. The first-order valence-electron chi connectivity index (χ1n) is 9.64. The number of aryl methyl sites for hydroxylation is 2. The summed E-state index contributed by atoms with van der Waals surface area (Å²) in [6.07, 6.45) is -1.18. The Bertz CT molecular complexity index is 1120. The number of nitro groups is 1. The predicted octanol–water partition coefficient (Wildman–Crippen LogP) is 5.03. The van der Waals surface area contributed by atoms with Crippen LogP contribution in [0.3, 0.4) is 0 Å². The molecule has 1 atom stereocenters. The van der Waals surface area contributed by atoms with Gasteiger partial charge in [0.25, 0.3) is 5.69 Å². The molecule has 0 fully saturated rings. The van der Waals surface area contributed by atoms with E-state index in [-0.39, 0.29) is 22.7 Å². The molecule has 0 spiro atoms. The molecule has 7 heteroatoms. The Kier molecular flexibility index (Phi) is 6.45. The van der Waals surface area contributed by atoms with Crippen molar-refractivity contribution < 1.29 is 19.2 Å². The van der Waals surface area contributed by atoms with Crippen molar-refractivity contribution in [2.24, 2.45) is 0 Å². The number of ether oxygens (including phenoxy) is 1. The number of hydrogen-bond donors (Lipinski definition) is 1. The molecule has 0 aliphatic heterocycles. The molecule has 0 aromatic heterocycles. The summed E-state index contributed by atoms with van der Waals surface area (Å²) < 4.78 is 5.59. The van der Waals surface area contributed by atoms with Crippen LogP contribution in [0.2, 0.25) is 0 Å². The third kappa shape index (κ3) is 4.95. The van der Waals surface area contributed by atoms with Crippen LogP contribution in [0.1, 0.15) is 43.5 Å². The lowest BCUT2D eigenvalue weighted by Crippen LogP contribution is -2.20. The lowest BCUT2D eigenvalue weighted by atomic mass is 9.98. The zero-order valence-electron chi connectivity index (χ0n) is 17.4. The van der Waals surface area contributed by atoms with Crippen molar-refractivity contribution in [3.05, 3.63) is 105 Å². The van der Waals surface area contributed by atoms with Crippen LogP contribution < -0.4 is 5.32 Å². The van der Waals surface area contributed by atoms with Crippen LogP contribution in [-0.2, 0) is 4.74 Å². The lowest BCUT2D eigenvalue weighted by Gasteiger charge is -2.18. The number of carbonyl (C=O) groups is 2. The van der Waals surface area contributed by atoms with Crippen LogP contribution in [-0.4, -0.2) is 23.7 Å². The molecule has 0 bridgehead atoms. The number of nitrogens with zero attached hydrogens (tertiary/aromatic N) is 1. The number of Topliss-reactive ketones (excluding diaryl/α,β-unsaturated/α-hetero) is 1. The van der Waals surface area contributed by atoms with Crippen LogP contribution in [0, 0.1) is 24.0 Å². The summed E-state index contributed by atoms with van der Waals surface area (Å²) in [6, 6.07) is 18.1. The van der Waals surface area contributed by atoms with Crippen LogP contribution >= 0.6 is 0 Å². The Hall–Kier alpha value is -4.00. The molecule has 0 unspecified atom stereocenters. The van der Waals surface area contributed by atoms with Crippen molar-refractivity contribution in [2.45, 2.75) is 20.0 Å². The molecular weight excluding hydrogens is 396 g/mol.